The second-order valence-electron chi connectivity index (χ2n) is 9.06. The van der Waals surface area contributed by atoms with Crippen LogP contribution in [0.1, 0.15) is 27.9 Å². The Morgan fingerprint density at radius 2 is 1.97 bits per heavy atom. The lowest BCUT2D eigenvalue weighted by atomic mass is 10.0. The summed E-state index contributed by atoms with van der Waals surface area (Å²) in [5, 5.41) is 5.89. The maximum Gasteiger partial charge on any atom is 0.258 e. The number of ether oxygens (including phenoxy) is 2. The van der Waals surface area contributed by atoms with Crippen LogP contribution in [-0.4, -0.2) is 53.6 Å². The number of piperidine rings is 1. The van der Waals surface area contributed by atoms with Crippen molar-refractivity contribution in [1.29, 1.82) is 0 Å². The SMILES string of the molecule is Cc1ccc2cc1OCC(=O)NCc1ccc(cc1)O[C@H]1CCN(c3ncc(F)c(N)n3)C[C@@H]1NC2=O. The summed E-state index contributed by atoms with van der Waals surface area (Å²) in [4.78, 5) is 35.6. The molecule has 4 bridgehead atoms. The number of fused-ring (bicyclic) bond motifs is 7. The van der Waals surface area contributed by atoms with Gasteiger partial charge in [0, 0.05) is 31.6 Å². The van der Waals surface area contributed by atoms with Crippen LogP contribution in [0, 0.1) is 12.7 Å². The van der Waals surface area contributed by atoms with Gasteiger partial charge in [-0.15, -0.1) is 0 Å². The molecule has 0 spiro atoms. The molecule has 0 unspecified atom stereocenters. The molecule has 2 atom stereocenters. The second kappa shape index (κ2) is 10.3. The highest BCUT2D eigenvalue weighted by molar-refractivity contribution is 5.95. The molecule has 0 saturated carbocycles. The molecular weight excluding hydrogens is 479 g/mol. The monoisotopic (exact) mass is 506 g/mol. The Balaban J connectivity index is 1.45. The van der Waals surface area contributed by atoms with Gasteiger partial charge in [0.1, 0.15) is 17.6 Å². The lowest BCUT2D eigenvalue weighted by Crippen LogP contribution is -2.57. The highest BCUT2D eigenvalue weighted by atomic mass is 19.1. The number of hydrogen-bond donors (Lipinski definition) is 3. The first-order valence-corrected chi connectivity index (χ1v) is 12.0. The van der Waals surface area contributed by atoms with E-state index in [4.69, 9.17) is 15.2 Å². The molecule has 1 aromatic heterocycles. The summed E-state index contributed by atoms with van der Waals surface area (Å²) in [5.74, 6) is -0.148. The number of aryl methyl sites for hydroxylation is 1. The fourth-order valence-corrected chi connectivity index (χ4v) is 4.32. The third-order valence-corrected chi connectivity index (χ3v) is 6.42. The molecule has 192 valence electrons. The Morgan fingerprint density at radius 1 is 1.16 bits per heavy atom. The zero-order valence-corrected chi connectivity index (χ0v) is 20.2. The largest absolute Gasteiger partial charge is 0.488 e. The van der Waals surface area contributed by atoms with Crippen molar-refractivity contribution in [2.45, 2.75) is 32.0 Å². The topological polar surface area (TPSA) is 132 Å². The van der Waals surface area contributed by atoms with Crippen LogP contribution in [0.4, 0.5) is 16.2 Å². The lowest BCUT2D eigenvalue weighted by molar-refractivity contribution is -0.123. The maximum absolute atomic E-state index is 13.6. The third-order valence-electron chi connectivity index (χ3n) is 6.42. The molecule has 4 N–H and O–H groups in total. The summed E-state index contributed by atoms with van der Waals surface area (Å²) < 4.78 is 25.6. The molecule has 10 nitrogen and oxygen atoms in total. The first-order chi connectivity index (χ1) is 17.9. The van der Waals surface area contributed by atoms with Crippen molar-refractivity contribution in [2.75, 3.05) is 30.3 Å². The second-order valence-corrected chi connectivity index (χ2v) is 9.06. The molecule has 11 heteroatoms. The van der Waals surface area contributed by atoms with Gasteiger partial charge in [0.25, 0.3) is 11.8 Å². The van der Waals surface area contributed by atoms with Gasteiger partial charge in [-0.25, -0.2) is 9.37 Å². The van der Waals surface area contributed by atoms with Gasteiger partial charge in [-0.1, -0.05) is 18.2 Å². The highest BCUT2D eigenvalue weighted by Gasteiger charge is 2.34. The van der Waals surface area contributed by atoms with E-state index in [0.717, 1.165) is 17.3 Å². The van der Waals surface area contributed by atoms with E-state index in [1.807, 2.05) is 36.1 Å². The molecule has 3 aliphatic heterocycles. The Bertz CT molecular complexity index is 1320. The van der Waals surface area contributed by atoms with Crippen molar-refractivity contribution in [3.63, 3.8) is 0 Å². The number of aromatic nitrogens is 2. The van der Waals surface area contributed by atoms with Gasteiger partial charge in [-0.05, 0) is 42.3 Å². The number of hydrogen-bond acceptors (Lipinski definition) is 8. The number of carbonyl (C=O) groups is 2. The fourth-order valence-electron chi connectivity index (χ4n) is 4.32. The zero-order valence-electron chi connectivity index (χ0n) is 20.2. The summed E-state index contributed by atoms with van der Waals surface area (Å²) in [6, 6.07) is 12.1. The van der Waals surface area contributed by atoms with Crippen LogP contribution >= 0.6 is 0 Å². The average molecular weight is 507 g/mol. The molecule has 0 radical (unpaired) electrons. The van der Waals surface area contributed by atoms with Crippen LogP contribution in [0.5, 0.6) is 11.5 Å². The molecule has 3 aliphatic rings. The van der Waals surface area contributed by atoms with Gasteiger partial charge in [0.05, 0.1) is 12.2 Å². The van der Waals surface area contributed by atoms with Crippen LogP contribution in [0.3, 0.4) is 0 Å². The minimum absolute atomic E-state index is 0.173. The van der Waals surface area contributed by atoms with Crippen molar-refractivity contribution in [3.05, 3.63) is 71.2 Å². The normalized spacial score (nSPS) is 20.1. The number of benzene rings is 2. The first kappa shape index (κ1) is 24.3. The van der Waals surface area contributed by atoms with Crippen LogP contribution in [0.2, 0.25) is 0 Å². The third kappa shape index (κ3) is 5.55. The minimum Gasteiger partial charge on any atom is -0.488 e. The van der Waals surface area contributed by atoms with Crippen LogP contribution in [-0.2, 0) is 11.3 Å². The van der Waals surface area contributed by atoms with E-state index in [1.54, 1.807) is 18.2 Å². The number of nitrogens with one attached hydrogen (secondary N) is 2. The van der Waals surface area contributed by atoms with Gasteiger partial charge >= 0.3 is 0 Å². The molecule has 37 heavy (non-hydrogen) atoms. The Hall–Kier alpha value is -4.41. The summed E-state index contributed by atoms with van der Waals surface area (Å²) in [7, 11) is 0. The molecular formula is C26H27FN6O4. The zero-order chi connectivity index (χ0) is 25.9. The number of carbonyl (C=O) groups excluding carboxylic acids is 2. The number of nitrogen functional groups attached to an aromatic ring is 1. The van der Waals surface area contributed by atoms with Gasteiger partial charge in [-0.2, -0.15) is 4.98 Å². The van der Waals surface area contributed by atoms with Crippen molar-refractivity contribution < 1.29 is 23.5 Å². The number of rotatable bonds is 1. The molecule has 3 aromatic rings. The summed E-state index contributed by atoms with van der Waals surface area (Å²) >= 11 is 0. The molecule has 4 heterocycles. The van der Waals surface area contributed by atoms with E-state index in [1.165, 1.54) is 0 Å². The Kier molecular flexibility index (Phi) is 6.76. The van der Waals surface area contributed by atoms with E-state index in [-0.39, 0.29) is 36.3 Å². The predicted octanol–water partition coefficient (Wildman–Crippen LogP) is 1.97. The van der Waals surface area contributed by atoms with E-state index >= 15 is 0 Å². The van der Waals surface area contributed by atoms with Gasteiger partial charge in [-0.3, -0.25) is 9.59 Å². The minimum atomic E-state index is -0.687. The summed E-state index contributed by atoms with van der Waals surface area (Å²) in [6.07, 6.45) is 1.24. The van der Waals surface area contributed by atoms with Crippen LogP contribution in [0.25, 0.3) is 0 Å². The van der Waals surface area contributed by atoms with Crippen molar-refractivity contribution >= 4 is 23.6 Å². The van der Waals surface area contributed by atoms with E-state index in [2.05, 4.69) is 20.6 Å². The molecule has 0 aliphatic carbocycles. The Labute approximate surface area is 213 Å². The quantitative estimate of drug-likeness (QED) is 0.457. The standard InChI is InChI=1S/C26H27FN6O4/c1-15-2-5-17-10-22(15)36-14-23(34)29-11-16-3-6-18(7-4-16)37-21-8-9-33(13-20(21)31-25(17)35)26-30-12-19(27)24(28)32-26/h2-7,10,12,20-21H,8-9,11,13-14H2,1H3,(H,29,34)(H,31,35)(H2,28,30,32)/t20-,21-/m0/s1. The average Bonchev–Trinajstić information content (AvgIpc) is 2.90. The maximum atomic E-state index is 13.6. The van der Waals surface area contributed by atoms with Gasteiger partial charge in [0.2, 0.25) is 5.95 Å². The molecule has 2 amide bonds. The molecule has 6 rings (SSSR count). The van der Waals surface area contributed by atoms with E-state index < -0.39 is 11.9 Å². The lowest BCUT2D eigenvalue weighted by Gasteiger charge is -2.38. The number of halogens is 1. The number of nitrogens with zero attached hydrogens (tertiary/aromatic N) is 3. The van der Waals surface area contributed by atoms with Gasteiger partial charge in [0.15, 0.2) is 18.2 Å². The van der Waals surface area contributed by atoms with E-state index in [0.29, 0.717) is 43.1 Å². The predicted molar refractivity (Wildman–Crippen MR) is 134 cm³/mol. The van der Waals surface area contributed by atoms with Crippen molar-refractivity contribution in [2.24, 2.45) is 0 Å². The molecule has 1 fully saturated rings. The molecule has 1 saturated heterocycles. The van der Waals surface area contributed by atoms with Crippen molar-refractivity contribution in [1.82, 2.24) is 20.6 Å². The number of amides is 2. The highest BCUT2D eigenvalue weighted by Crippen LogP contribution is 2.25. The number of anilines is 2. The smallest absolute Gasteiger partial charge is 0.258 e. The number of nitrogens with two attached hydrogens (primary N) is 1. The van der Waals surface area contributed by atoms with E-state index in [9.17, 15) is 14.0 Å². The fraction of sp³-hybridized carbons (Fsp3) is 0.308. The molecule has 2 aromatic carbocycles. The van der Waals surface area contributed by atoms with Gasteiger partial charge < -0.3 is 30.7 Å². The summed E-state index contributed by atoms with van der Waals surface area (Å²) in [5.41, 5.74) is 7.74. The summed E-state index contributed by atoms with van der Waals surface area (Å²) in [6.45, 7) is 2.87. The van der Waals surface area contributed by atoms with Crippen LogP contribution in [0.15, 0.2) is 48.7 Å². The first-order valence-electron chi connectivity index (χ1n) is 12.0. The Morgan fingerprint density at radius 3 is 2.76 bits per heavy atom. The van der Waals surface area contributed by atoms with Crippen molar-refractivity contribution in [3.8, 4) is 11.5 Å². The van der Waals surface area contributed by atoms with Crippen LogP contribution < -0.4 is 30.7 Å².